The van der Waals surface area contributed by atoms with Gasteiger partial charge >= 0.3 is 11.7 Å². The first-order valence-corrected chi connectivity index (χ1v) is 6.32. The molecule has 0 spiro atoms. The highest BCUT2D eigenvalue weighted by atomic mass is 16.6. The number of ether oxygens (including phenoxy) is 1. The Morgan fingerprint density at radius 3 is 2.90 bits per heavy atom. The van der Waals surface area contributed by atoms with Crippen LogP contribution in [0, 0.1) is 10.1 Å². The monoisotopic (exact) mass is 293 g/mol. The number of nitrogens with zero attached hydrogens (tertiary/aromatic N) is 3. The average molecular weight is 293 g/mol. The minimum atomic E-state index is -1.34. The number of carbonyl (C=O) groups is 1. The number of aromatic nitrogens is 1. The highest BCUT2D eigenvalue weighted by Gasteiger charge is 2.23. The van der Waals surface area contributed by atoms with E-state index in [0.29, 0.717) is 25.5 Å². The molecule has 0 atom stereocenters. The molecule has 1 aliphatic heterocycles. The standard InChI is InChI=1S/C13H15N3O5/c1-21-8-9-2-4-15(5-3-9)12-6-10(13(17)18)11(7-14-12)16(19)20/h2,6-7H,3-5,8H2,1H3,(H,17,18). The minimum Gasteiger partial charge on any atom is -0.477 e. The normalized spacial score (nSPS) is 14.7. The quantitative estimate of drug-likeness (QED) is 0.497. The molecule has 0 saturated carbocycles. The van der Waals surface area contributed by atoms with Crippen LogP contribution in [0.1, 0.15) is 16.8 Å². The molecule has 1 aromatic rings. The molecule has 0 aliphatic carbocycles. The van der Waals surface area contributed by atoms with E-state index in [2.05, 4.69) is 4.98 Å². The number of anilines is 1. The number of pyridine rings is 1. The molecule has 0 aromatic carbocycles. The zero-order chi connectivity index (χ0) is 15.4. The van der Waals surface area contributed by atoms with Crippen molar-refractivity contribution in [1.29, 1.82) is 0 Å². The predicted molar refractivity (Wildman–Crippen MR) is 74.6 cm³/mol. The summed E-state index contributed by atoms with van der Waals surface area (Å²) < 4.78 is 5.06. The summed E-state index contributed by atoms with van der Waals surface area (Å²) in [6.07, 6.45) is 3.78. The van der Waals surface area contributed by atoms with Gasteiger partial charge < -0.3 is 14.7 Å². The van der Waals surface area contributed by atoms with Gasteiger partial charge in [0.15, 0.2) is 0 Å². The molecular formula is C13H15N3O5. The van der Waals surface area contributed by atoms with Crippen molar-refractivity contribution in [2.45, 2.75) is 6.42 Å². The highest BCUT2D eigenvalue weighted by molar-refractivity contribution is 5.93. The highest BCUT2D eigenvalue weighted by Crippen LogP contribution is 2.24. The Morgan fingerprint density at radius 2 is 2.38 bits per heavy atom. The Balaban J connectivity index is 2.24. The van der Waals surface area contributed by atoms with Crippen molar-refractivity contribution in [2.75, 3.05) is 31.7 Å². The van der Waals surface area contributed by atoms with Crippen LogP contribution in [0.3, 0.4) is 0 Å². The Morgan fingerprint density at radius 1 is 1.62 bits per heavy atom. The van der Waals surface area contributed by atoms with E-state index < -0.39 is 16.6 Å². The maximum Gasteiger partial charge on any atom is 0.342 e. The molecule has 1 aliphatic rings. The van der Waals surface area contributed by atoms with Crippen molar-refractivity contribution in [3.05, 3.63) is 39.6 Å². The fraction of sp³-hybridized carbons (Fsp3) is 0.385. The molecule has 1 N–H and O–H groups in total. The van der Waals surface area contributed by atoms with Gasteiger partial charge in [0.2, 0.25) is 0 Å². The van der Waals surface area contributed by atoms with Gasteiger partial charge in [-0.1, -0.05) is 6.08 Å². The Bertz CT molecular complexity index is 599. The van der Waals surface area contributed by atoms with Crippen LogP contribution in [-0.4, -0.2) is 47.8 Å². The smallest absolute Gasteiger partial charge is 0.342 e. The van der Waals surface area contributed by atoms with Crippen molar-refractivity contribution in [2.24, 2.45) is 0 Å². The number of carboxylic acid groups (broad SMARTS) is 1. The molecule has 0 unspecified atom stereocenters. The minimum absolute atomic E-state index is 0.350. The maximum atomic E-state index is 11.1. The second-order valence-corrected chi connectivity index (χ2v) is 4.61. The van der Waals surface area contributed by atoms with E-state index >= 15 is 0 Å². The third-order valence-electron chi connectivity index (χ3n) is 3.25. The van der Waals surface area contributed by atoms with Crippen LogP contribution in [0.2, 0.25) is 0 Å². The number of hydrogen-bond donors (Lipinski definition) is 1. The third-order valence-corrected chi connectivity index (χ3v) is 3.25. The van der Waals surface area contributed by atoms with E-state index in [4.69, 9.17) is 9.84 Å². The van der Waals surface area contributed by atoms with Crippen LogP contribution in [0.5, 0.6) is 0 Å². The summed E-state index contributed by atoms with van der Waals surface area (Å²) in [5, 5.41) is 19.9. The molecule has 0 bridgehead atoms. The molecule has 2 heterocycles. The van der Waals surface area contributed by atoms with Crippen LogP contribution in [0.15, 0.2) is 23.9 Å². The van der Waals surface area contributed by atoms with Crippen molar-refractivity contribution in [3.8, 4) is 0 Å². The summed E-state index contributed by atoms with van der Waals surface area (Å²) in [7, 11) is 1.63. The van der Waals surface area contributed by atoms with Crippen LogP contribution in [-0.2, 0) is 4.74 Å². The SMILES string of the molecule is COCC1=CCN(c2cc(C(=O)O)c([N+](=O)[O-])cn2)CC1. The second-order valence-electron chi connectivity index (χ2n) is 4.61. The summed E-state index contributed by atoms with van der Waals surface area (Å²) in [4.78, 5) is 27.0. The number of nitro groups is 1. The fourth-order valence-electron chi connectivity index (χ4n) is 2.16. The lowest BCUT2D eigenvalue weighted by Crippen LogP contribution is -2.30. The summed E-state index contributed by atoms with van der Waals surface area (Å²) in [6, 6.07) is 1.25. The van der Waals surface area contributed by atoms with Crippen LogP contribution < -0.4 is 4.90 Å². The zero-order valence-electron chi connectivity index (χ0n) is 11.5. The van der Waals surface area contributed by atoms with Gasteiger partial charge in [-0.2, -0.15) is 0 Å². The van der Waals surface area contributed by atoms with Gasteiger partial charge in [-0.15, -0.1) is 0 Å². The van der Waals surface area contributed by atoms with Crippen LogP contribution >= 0.6 is 0 Å². The molecule has 21 heavy (non-hydrogen) atoms. The predicted octanol–water partition coefficient (Wildman–Crippen LogP) is 1.47. The summed E-state index contributed by atoms with van der Waals surface area (Å²) in [5.74, 6) is -0.913. The number of methoxy groups -OCH3 is 1. The van der Waals surface area contributed by atoms with Crippen LogP contribution in [0.25, 0.3) is 0 Å². The summed E-state index contributed by atoms with van der Waals surface area (Å²) in [5.41, 5.74) is 0.324. The van der Waals surface area contributed by atoms with Gasteiger partial charge in [0.05, 0.1) is 11.5 Å². The Labute approximate surface area is 120 Å². The zero-order valence-corrected chi connectivity index (χ0v) is 11.5. The van der Waals surface area contributed by atoms with Gasteiger partial charge in [-0.05, 0) is 12.0 Å². The molecular weight excluding hydrogens is 278 g/mol. The number of hydrogen-bond acceptors (Lipinski definition) is 6. The Hall–Kier alpha value is -2.48. The molecule has 0 saturated heterocycles. The van der Waals surface area contributed by atoms with Crippen molar-refractivity contribution >= 4 is 17.5 Å². The van der Waals surface area contributed by atoms with Crippen molar-refractivity contribution < 1.29 is 19.6 Å². The van der Waals surface area contributed by atoms with Crippen molar-refractivity contribution in [3.63, 3.8) is 0 Å². The molecule has 0 radical (unpaired) electrons. The summed E-state index contributed by atoms with van der Waals surface area (Å²) in [6.45, 7) is 1.81. The van der Waals surface area contributed by atoms with E-state index in [-0.39, 0.29) is 5.56 Å². The third kappa shape index (κ3) is 3.34. The van der Waals surface area contributed by atoms with E-state index in [9.17, 15) is 14.9 Å². The largest absolute Gasteiger partial charge is 0.477 e. The average Bonchev–Trinajstić information content (AvgIpc) is 2.47. The maximum absolute atomic E-state index is 11.1. The number of aromatic carboxylic acids is 1. The molecule has 0 fully saturated rings. The molecule has 2 rings (SSSR count). The van der Waals surface area contributed by atoms with Crippen LogP contribution in [0.4, 0.5) is 11.5 Å². The van der Waals surface area contributed by atoms with Gasteiger partial charge in [0.25, 0.3) is 0 Å². The lowest BCUT2D eigenvalue weighted by molar-refractivity contribution is -0.385. The lowest BCUT2D eigenvalue weighted by Gasteiger charge is -2.27. The number of carboxylic acids is 1. The van der Waals surface area contributed by atoms with Gasteiger partial charge in [-0.3, -0.25) is 10.1 Å². The van der Waals surface area contributed by atoms with E-state index in [1.54, 1.807) is 7.11 Å². The topological polar surface area (TPSA) is 106 Å². The second kappa shape index (κ2) is 6.31. The van der Waals surface area contributed by atoms with Gasteiger partial charge in [0.1, 0.15) is 17.6 Å². The molecule has 8 nitrogen and oxygen atoms in total. The first-order valence-electron chi connectivity index (χ1n) is 6.32. The van der Waals surface area contributed by atoms with E-state index in [0.717, 1.165) is 12.6 Å². The van der Waals surface area contributed by atoms with Crippen molar-refractivity contribution in [1.82, 2.24) is 4.98 Å². The first kappa shape index (κ1) is 14.9. The molecule has 1 aromatic heterocycles. The summed E-state index contributed by atoms with van der Waals surface area (Å²) >= 11 is 0. The van der Waals surface area contributed by atoms with E-state index in [1.165, 1.54) is 11.6 Å². The lowest BCUT2D eigenvalue weighted by atomic mass is 10.1. The number of rotatable bonds is 5. The first-order chi connectivity index (χ1) is 10.0. The van der Waals surface area contributed by atoms with Gasteiger partial charge in [0, 0.05) is 26.3 Å². The van der Waals surface area contributed by atoms with E-state index in [1.807, 2.05) is 11.0 Å². The Kier molecular flexibility index (Phi) is 4.49. The molecule has 0 amide bonds. The molecule has 8 heteroatoms. The van der Waals surface area contributed by atoms with Gasteiger partial charge in [-0.25, -0.2) is 9.78 Å². The molecule has 112 valence electrons. The fourth-order valence-corrected chi connectivity index (χ4v) is 2.16.